The molecule has 3 atom stereocenters. The minimum atomic E-state index is -0.835. The van der Waals surface area contributed by atoms with Gasteiger partial charge < -0.3 is 10.2 Å². The molecule has 1 aromatic heterocycles. The molecule has 1 aromatic rings. The molecule has 0 aromatic carbocycles. The Hall–Kier alpha value is -1.43. The lowest BCUT2D eigenvalue weighted by molar-refractivity contribution is 0.0922. The zero-order valence-electron chi connectivity index (χ0n) is 11.1. The number of pyridine rings is 1. The fourth-order valence-corrected chi connectivity index (χ4v) is 2.40. The van der Waals surface area contributed by atoms with Crippen LogP contribution in [0.25, 0.3) is 0 Å². The average Bonchev–Trinajstić information content (AvgIpc) is 2.37. The lowest BCUT2D eigenvalue weighted by Crippen LogP contribution is -2.29. The molecular weight excluding hydrogens is 252 g/mol. The van der Waals surface area contributed by atoms with Crippen molar-refractivity contribution in [3.05, 3.63) is 17.7 Å². The van der Waals surface area contributed by atoms with Gasteiger partial charge in [-0.1, -0.05) is 13.8 Å². The van der Waals surface area contributed by atoms with Gasteiger partial charge in [-0.05, 0) is 31.1 Å². The third-order valence-corrected chi connectivity index (χ3v) is 3.86. The summed E-state index contributed by atoms with van der Waals surface area (Å²) >= 11 is 0. The lowest BCUT2D eigenvalue weighted by Gasteiger charge is -2.32. The van der Waals surface area contributed by atoms with Gasteiger partial charge in [-0.25, -0.2) is 14.6 Å². The summed E-state index contributed by atoms with van der Waals surface area (Å²) in [5, 5.41) is 0. The number of nitrogens with zero attached hydrogens (tertiary/aromatic N) is 1. The van der Waals surface area contributed by atoms with E-state index >= 15 is 0 Å². The van der Waals surface area contributed by atoms with Gasteiger partial charge in [-0.2, -0.15) is 4.98 Å². The highest BCUT2D eigenvalue weighted by atomic mass is 19.1. The first-order valence-electron chi connectivity index (χ1n) is 6.50. The van der Waals surface area contributed by atoms with Gasteiger partial charge in [0.1, 0.15) is 6.10 Å². The van der Waals surface area contributed by atoms with Crippen molar-refractivity contribution in [2.45, 2.75) is 39.2 Å². The van der Waals surface area contributed by atoms with E-state index in [0.29, 0.717) is 11.8 Å². The van der Waals surface area contributed by atoms with Crippen molar-refractivity contribution in [2.75, 3.05) is 5.43 Å². The van der Waals surface area contributed by atoms with Crippen LogP contribution in [-0.4, -0.2) is 11.1 Å². The van der Waals surface area contributed by atoms with Crippen molar-refractivity contribution in [3.63, 3.8) is 0 Å². The number of rotatable bonds is 3. The Labute approximate surface area is 111 Å². The maximum absolute atomic E-state index is 13.6. The number of hydrazine groups is 1. The van der Waals surface area contributed by atoms with Crippen molar-refractivity contribution in [2.24, 2.45) is 17.7 Å². The fourth-order valence-electron chi connectivity index (χ4n) is 2.40. The Bertz CT molecular complexity index is 456. The molecule has 0 spiro atoms. The summed E-state index contributed by atoms with van der Waals surface area (Å²) in [5.41, 5.74) is 2.08. The molecule has 0 bridgehead atoms. The minimum Gasteiger partial charge on any atom is -0.472 e. The van der Waals surface area contributed by atoms with E-state index in [1.165, 1.54) is 0 Å². The number of halogens is 2. The smallest absolute Gasteiger partial charge is 0.252 e. The molecule has 1 saturated carbocycles. The van der Waals surface area contributed by atoms with Crippen molar-refractivity contribution >= 4 is 5.82 Å². The van der Waals surface area contributed by atoms with E-state index in [9.17, 15) is 8.78 Å². The summed E-state index contributed by atoms with van der Waals surface area (Å²) in [6.45, 7) is 4.36. The quantitative estimate of drug-likeness (QED) is 0.655. The van der Waals surface area contributed by atoms with Crippen LogP contribution in [0.4, 0.5) is 14.6 Å². The summed E-state index contributed by atoms with van der Waals surface area (Å²) in [4.78, 5) is 3.72. The molecule has 6 heteroatoms. The predicted octanol–water partition coefficient (Wildman–Crippen LogP) is 2.85. The molecule has 1 heterocycles. The first kappa shape index (κ1) is 14.0. The Morgan fingerprint density at radius 2 is 2.00 bits per heavy atom. The number of aromatic nitrogens is 1. The summed E-state index contributed by atoms with van der Waals surface area (Å²) in [7, 11) is 0. The van der Waals surface area contributed by atoms with Gasteiger partial charge in [0.25, 0.3) is 5.88 Å². The highest BCUT2D eigenvalue weighted by Gasteiger charge is 2.27. The molecule has 1 aliphatic rings. The van der Waals surface area contributed by atoms with Gasteiger partial charge in [-0.3, -0.25) is 0 Å². The second kappa shape index (κ2) is 5.69. The number of nitrogen functional groups attached to an aromatic ring is 1. The molecule has 0 saturated heterocycles. The van der Waals surface area contributed by atoms with Crippen LogP contribution in [0.15, 0.2) is 6.07 Å². The largest absolute Gasteiger partial charge is 0.472 e. The topological polar surface area (TPSA) is 60.2 Å². The second-order valence-corrected chi connectivity index (χ2v) is 5.26. The van der Waals surface area contributed by atoms with Crippen LogP contribution in [0.3, 0.4) is 0 Å². The molecule has 1 aliphatic carbocycles. The summed E-state index contributed by atoms with van der Waals surface area (Å²) in [6, 6.07) is 0.729. The number of nitrogens with two attached hydrogens (primary N) is 1. The molecule has 106 valence electrons. The maximum Gasteiger partial charge on any atom is 0.252 e. The van der Waals surface area contributed by atoms with Gasteiger partial charge >= 0.3 is 0 Å². The van der Waals surface area contributed by atoms with Crippen LogP contribution in [0.1, 0.15) is 33.1 Å². The Balaban J connectivity index is 2.11. The monoisotopic (exact) mass is 271 g/mol. The molecule has 19 heavy (non-hydrogen) atoms. The first-order chi connectivity index (χ1) is 9.01. The number of ether oxygens (including phenoxy) is 1. The predicted molar refractivity (Wildman–Crippen MR) is 68.6 cm³/mol. The van der Waals surface area contributed by atoms with E-state index in [-0.39, 0.29) is 17.8 Å². The number of hydrogen-bond acceptors (Lipinski definition) is 4. The fraction of sp³-hybridized carbons (Fsp3) is 0.615. The standard InChI is InChI=1S/C13H19F2N3O/c1-7-3-4-9(5-8(7)2)19-13-11(15)6-10(14)12(17-13)18-16/h6-9H,3-5,16H2,1-2H3,(H,17,18). The molecule has 3 N–H and O–H groups in total. The van der Waals surface area contributed by atoms with Crippen molar-refractivity contribution in [1.82, 2.24) is 4.98 Å². The van der Waals surface area contributed by atoms with Gasteiger partial charge in [-0.15, -0.1) is 0 Å². The van der Waals surface area contributed by atoms with E-state index < -0.39 is 11.6 Å². The van der Waals surface area contributed by atoms with E-state index in [2.05, 4.69) is 24.3 Å². The maximum atomic E-state index is 13.6. The van der Waals surface area contributed by atoms with Crippen LogP contribution in [0, 0.1) is 23.5 Å². The van der Waals surface area contributed by atoms with Crippen LogP contribution in [-0.2, 0) is 0 Å². The van der Waals surface area contributed by atoms with Gasteiger partial charge in [0, 0.05) is 6.07 Å². The van der Waals surface area contributed by atoms with E-state index in [1.54, 1.807) is 0 Å². The Kier molecular flexibility index (Phi) is 4.19. The number of nitrogens with one attached hydrogen (secondary N) is 1. The van der Waals surface area contributed by atoms with E-state index in [1.807, 2.05) is 0 Å². The zero-order chi connectivity index (χ0) is 14.0. The third kappa shape index (κ3) is 3.12. The van der Waals surface area contributed by atoms with Gasteiger partial charge in [0.15, 0.2) is 17.5 Å². The van der Waals surface area contributed by atoms with Gasteiger partial charge in [0.05, 0.1) is 0 Å². The van der Waals surface area contributed by atoms with Crippen LogP contribution >= 0.6 is 0 Å². The molecule has 2 rings (SSSR count). The van der Waals surface area contributed by atoms with Crippen LogP contribution in [0.5, 0.6) is 5.88 Å². The van der Waals surface area contributed by atoms with Gasteiger partial charge in [0.2, 0.25) is 0 Å². The zero-order valence-corrected chi connectivity index (χ0v) is 11.1. The molecule has 0 amide bonds. The molecule has 0 radical (unpaired) electrons. The van der Waals surface area contributed by atoms with E-state index in [4.69, 9.17) is 10.6 Å². The number of hydrogen-bond donors (Lipinski definition) is 2. The molecular formula is C13H19F2N3O. The average molecular weight is 271 g/mol. The normalized spacial score (nSPS) is 27.1. The molecule has 0 aliphatic heterocycles. The van der Waals surface area contributed by atoms with Crippen molar-refractivity contribution in [1.29, 1.82) is 0 Å². The summed E-state index contributed by atoms with van der Waals surface area (Å²) < 4.78 is 32.4. The Morgan fingerprint density at radius 3 is 2.63 bits per heavy atom. The lowest BCUT2D eigenvalue weighted by atomic mass is 9.80. The third-order valence-electron chi connectivity index (χ3n) is 3.86. The van der Waals surface area contributed by atoms with Crippen LogP contribution in [0.2, 0.25) is 0 Å². The molecule has 4 nitrogen and oxygen atoms in total. The molecule has 1 fully saturated rings. The molecule has 3 unspecified atom stereocenters. The van der Waals surface area contributed by atoms with Crippen LogP contribution < -0.4 is 16.0 Å². The second-order valence-electron chi connectivity index (χ2n) is 5.26. The SMILES string of the molecule is CC1CCC(Oc2nc(NN)c(F)cc2F)CC1C. The highest BCUT2D eigenvalue weighted by molar-refractivity contribution is 5.38. The number of anilines is 1. The Morgan fingerprint density at radius 1 is 1.26 bits per heavy atom. The summed E-state index contributed by atoms with van der Waals surface area (Å²) in [6.07, 6.45) is 2.67. The van der Waals surface area contributed by atoms with Crippen molar-refractivity contribution < 1.29 is 13.5 Å². The van der Waals surface area contributed by atoms with Crippen molar-refractivity contribution in [3.8, 4) is 5.88 Å². The highest BCUT2D eigenvalue weighted by Crippen LogP contribution is 2.32. The first-order valence-corrected chi connectivity index (χ1v) is 6.50. The van der Waals surface area contributed by atoms with E-state index in [0.717, 1.165) is 25.3 Å². The summed E-state index contributed by atoms with van der Waals surface area (Å²) in [5.74, 6) is 4.23. The minimum absolute atomic E-state index is 0.0794.